The van der Waals surface area contributed by atoms with E-state index in [0.29, 0.717) is 25.0 Å². The third-order valence-electron chi connectivity index (χ3n) is 4.56. The molecule has 0 aliphatic heterocycles. The number of hydrogen-bond donors (Lipinski definition) is 0. The van der Waals surface area contributed by atoms with Crippen molar-refractivity contribution >= 4 is 63.7 Å². The lowest BCUT2D eigenvalue weighted by Gasteiger charge is -2.28. The predicted molar refractivity (Wildman–Crippen MR) is 136 cm³/mol. The van der Waals surface area contributed by atoms with Crippen LogP contribution in [0.25, 0.3) is 0 Å². The molecule has 0 unspecified atom stereocenters. The molecule has 0 fully saturated rings. The van der Waals surface area contributed by atoms with Gasteiger partial charge in [0.2, 0.25) is 0 Å². The lowest BCUT2D eigenvalue weighted by molar-refractivity contribution is 0.267. The third kappa shape index (κ3) is 6.47. The summed E-state index contributed by atoms with van der Waals surface area (Å²) in [7, 11) is 0. The van der Waals surface area contributed by atoms with Crippen LogP contribution in [-0.2, 0) is 5.41 Å². The zero-order valence-electron chi connectivity index (χ0n) is 17.7. The highest BCUT2D eigenvalue weighted by molar-refractivity contribution is 9.11. The molecule has 0 N–H and O–H groups in total. The SMILES string of the molecule is CC(C)COc1c(Br)cc(C(C)(C)c2cc(Br)c(OCC(C)C)c(Br)c2)cc1Br. The summed E-state index contributed by atoms with van der Waals surface area (Å²) in [4.78, 5) is 0. The Morgan fingerprint density at radius 3 is 1.17 bits per heavy atom. The van der Waals surface area contributed by atoms with Crippen LogP contribution >= 0.6 is 63.7 Å². The van der Waals surface area contributed by atoms with Gasteiger partial charge in [0, 0.05) is 5.41 Å². The van der Waals surface area contributed by atoms with Gasteiger partial charge < -0.3 is 9.47 Å². The van der Waals surface area contributed by atoms with Gasteiger partial charge in [0.15, 0.2) is 0 Å². The maximum absolute atomic E-state index is 5.98. The average molecular weight is 656 g/mol. The molecule has 2 nitrogen and oxygen atoms in total. The second-order valence-corrected chi connectivity index (χ2v) is 12.0. The Balaban J connectivity index is 2.39. The minimum absolute atomic E-state index is 0.219. The second-order valence-electron chi connectivity index (χ2n) is 8.57. The topological polar surface area (TPSA) is 18.5 Å². The fourth-order valence-corrected chi connectivity index (χ4v) is 5.61. The molecule has 0 atom stereocenters. The summed E-state index contributed by atoms with van der Waals surface area (Å²) >= 11 is 14.8. The molecular formula is C23H28Br4O2. The minimum atomic E-state index is -0.219. The Labute approximate surface area is 208 Å². The van der Waals surface area contributed by atoms with Crippen LogP contribution in [0, 0.1) is 11.8 Å². The first-order valence-corrected chi connectivity index (χ1v) is 12.8. The highest BCUT2D eigenvalue weighted by Gasteiger charge is 2.27. The van der Waals surface area contributed by atoms with E-state index in [2.05, 4.69) is 130 Å². The van der Waals surface area contributed by atoms with Crippen molar-refractivity contribution in [2.24, 2.45) is 11.8 Å². The van der Waals surface area contributed by atoms with Gasteiger partial charge in [-0.3, -0.25) is 0 Å². The highest BCUT2D eigenvalue weighted by atomic mass is 79.9. The van der Waals surface area contributed by atoms with E-state index in [1.54, 1.807) is 0 Å². The van der Waals surface area contributed by atoms with Gasteiger partial charge in [0.1, 0.15) is 11.5 Å². The lowest BCUT2D eigenvalue weighted by atomic mass is 9.78. The summed E-state index contributed by atoms with van der Waals surface area (Å²) in [5.74, 6) is 2.63. The molecule has 2 aromatic carbocycles. The average Bonchev–Trinajstić information content (AvgIpc) is 2.59. The van der Waals surface area contributed by atoms with Gasteiger partial charge in [-0.15, -0.1) is 0 Å². The van der Waals surface area contributed by atoms with Crippen molar-refractivity contribution < 1.29 is 9.47 Å². The summed E-state index contributed by atoms with van der Waals surface area (Å²) in [6.07, 6.45) is 0. The van der Waals surface area contributed by atoms with Crippen molar-refractivity contribution in [3.63, 3.8) is 0 Å². The first-order chi connectivity index (χ1) is 13.4. The Morgan fingerprint density at radius 2 is 0.931 bits per heavy atom. The molecule has 0 aliphatic carbocycles. The Morgan fingerprint density at radius 1 is 0.655 bits per heavy atom. The lowest BCUT2D eigenvalue weighted by Crippen LogP contribution is -2.19. The number of rotatable bonds is 8. The first-order valence-electron chi connectivity index (χ1n) is 9.68. The Bertz CT molecular complexity index is 744. The molecule has 0 radical (unpaired) electrons. The van der Waals surface area contributed by atoms with Crippen molar-refractivity contribution in [1.82, 2.24) is 0 Å². The number of ether oxygens (including phenoxy) is 2. The fourth-order valence-electron chi connectivity index (χ4n) is 2.78. The van der Waals surface area contributed by atoms with Crippen LogP contribution < -0.4 is 9.47 Å². The van der Waals surface area contributed by atoms with Gasteiger partial charge in [-0.2, -0.15) is 0 Å². The molecule has 0 heterocycles. The van der Waals surface area contributed by atoms with Gasteiger partial charge in [-0.1, -0.05) is 41.5 Å². The molecular weight excluding hydrogens is 628 g/mol. The standard InChI is InChI=1S/C23H28Br4O2/c1-13(2)11-28-21-17(24)7-15(8-18(21)25)23(5,6)16-9-19(26)22(20(27)10-16)29-12-14(3)4/h7-10,13-14H,11-12H2,1-6H3. The van der Waals surface area contributed by atoms with Crippen molar-refractivity contribution in [3.05, 3.63) is 53.3 Å². The molecule has 0 aromatic heterocycles. The van der Waals surface area contributed by atoms with Crippen molar-refractivity contribution in [3.8, 4) is 11.5 Å². The summed E-state index contributed by atoms with van der Waals surface area (Å²) in [5.41, 5.74) is 2.15. The minimum Gasteiger partial charge on any atom is -0.491 e. The summed E-state index contributed by atoms with van der Waals surface area (Å²) < 4.78 is 15.8. The van der Waals surface area contributed by atoms with Crippen LogP contribution in [0.3, 0.4) is 0 Å². The largest absolute Gasteiger partial charge is 0.491 e. The molecule has 0 saturated carbocycles. The van der Waals surface area contributed by atoms with Gasteiger partial charge in [-0.05, 0) is 111 Å². The normalized spacial score (nSPS) is 12.0. The molecule has 2 rings (SSSR count). The van der Waals surface area contributed by atoms with Gasteiger partial charge in [0.05, 0.1) is 31.1 Å². The van der Waals surface area contributed by atoms with Crippen LogP contribution in [0.2, 0.25) is 0 Å². The van der Waals surface area contributed by atoms with Crippen LogP contribution in [0.5, 0.6) is 11.5 Å². The third-order valence-corrected chi connectivity index (χ3v) is 6.92. The van der Waals surface area contributed by atoms with E-state index in [0.717, 1.165) is 29.4 Å². The molecule has 160 valence electrons. The summed E-state index contributed by atoms with van der Waals surface area (Å²) in [5, 5.41) is 0. The highest BCUT2D eigenvalue weighted by Crippen LogP contribution is 2.44. The van der Waals surface area contributed by atoms with Crippen LogP contribution in [0.1, 0.15) is 52.7 Å². The maximum atomic E-state index is 5.98. The number of halogens is 4. The Hall–Kier alpha value is -0.0400. The quantitative estimate of drug-likeness (QED) is 0.282. The zero-order chi connectivity index (χ0) is 21.9. The Kier molecular flexibility index (Phi) is 9.15. The molecule has 0 bridgehead atoms. The van der Waals surface area contributed by atoms with E-state index >= 15 is 0 Å². The van der Waals surface area contributed by atoms with E-state index in [4.69, 9.17) is 9.47 Å². The monoisotopic (exact) mass is 652 g/mol. The summed E-state index contributed by atoms with van der Waals surface area (Å²) in [6, 6.07) is 8.58. The van der Waals surface area contributed by atoms with E-state index in [9.17, 15) is 0 Å². The molecule has 0 aliphatic rings. The van der Waals surface area contributed by atoms with E-state index in [1.807, 2.05) is 0 Å². The van der Waals surface area contributed by atoms with Gasteiger partial charge in [0.25, 0.3) is 0 Å². The van der Waals surface area contributed by atoms with Gasteiger partial charge in [-0.25, -0.2) is 0 Å². The molecule has 29 heavy (non-hydrogen) atoms. The fraction of sp³-hybridized carbons (Fsp3) is 0.478. The van der Waals surface area contributed by atoms with Gasteiger partial charge >= 0.3 is 0 Å². The molecule has 2 aromatic rings. The predicted octanol–water partition coefficient (Wildman–Crippen LogP) is 9.13. The van der Waals surface area contributed by atoms with Crippen LogP contribution in [0.4, 0.5) is 0 Å². The molecule has 6 heteroatoms. The number of benzene rings is 2. The van der Waals surface area contributed by atoms with Crippen LogP contribution in [0.15, 0.2) is 42.2 Å². The van der Waals surface area contributed by atoms with E-state index < -0.39 is 0 Å². The molecule has 0 amide bonds. The summed E-state index contributed by atoms with van der Waals surface area (Å²) in [6.45, 7) is 14.4. The number of hydrogen-bond acceptors (Lipinski definition) is 2. The second kappa shape index (κ2) is 10.5. The maximum Gasteiger partial charge on any atom is 0.147 e. The van der Waals surface area contributed by atoms with Crippen molar-refractivity contribution in [2.45, 2.75) is 47.0 Å². The zero-order valence-corrected chi connectivity index (χ0v) is 24.1. The van der Waals surface area contributed by atoms with Crippen molar-refractivity contribution in [2.75, 3.05) is 13.2 Å². The van der Waals surface area contributed by atoms with E-state index in [-0.39, 0.29) is 5.41 Å². The molecule has 0 saturated heterocycles. The first kappa shape index (κ1) is 25.2. The molecule has 0 spiro atoms. The van der Waals surface area contributed by atoms with Crippen LogP contribution in [-0.4, -0.2) is 13.2 Å². The van der Waals surface area contributed by atoms with E-state index in [1.165, 1.54) is 11.1 Å². The smallest absolute Gasteiger partial charge is 0.147 e. The van der Waals surface area contributed by atoms with Crippen molar-refractivity contribution in [1.29, 1.82) is 0 Å².